The standard InChI is InChI=1S/C24H23N5O2/c1-16-25-13-14-29(16)15-17-10-11-21-22(18-7-3-4-9-20(18)28(21)2)23(17)27-31-24(30)19-8-5-6-12-26-19/h3-9,12-14,17H,10-11,15H2,1-2H3. The van der Waals surface area contributed by atoms with Crippen LogP contribution >= 0.6 is 0 Å². The van der Waals surface area contributed by atoms with Crippen molar-refractivity contribution < 1.29 is 9.63 Å². The van der Waals surface area contributed by atoms with E-state index in [0.29, 0.717) is 0 Å². The summed E-state index contributed by atoms with van der Waals surface area (Å²) in [4.78, 5) is 26.4. The van der Waals surface area contributed by atoms with Crippen LogP contribution in [0.2, 0.25) is 0 Å². The highest BCUT2D eigenvalue weighted by atomic mass is 16.7. The Hall–Kier alpha value is -3.74. The maximum atomic E-state index is 12.5. The smallest absolute Gasteiger partial charge is 0.347 e. The summed E-state index contributed by atoms with van der Waals surface area (Å²) < 4.78 is 4.34. The number of hydrogen-bond donors (Lipinski definition) is 0. The van der Waals surface area contributed by atoms with Gasteiger partial charge in [-0.05, 0) is 38.0 Å². The maximum absolute atomic E-state index is 12.5. The number of hydrogen-bond acceptors (Lipinski definition) is 5. The fourth-order valence-corrected chi connectivity index (χ4v) is 4.43. The van der Waals surface area contributed by atoms with Crippen LogP contribution in [0.3, 0.4) is 0 Å². The summed E-state index contributed by atoms with van der Waals surface area (Å²) in [6.45, 7) is 2.72. The van der Waals surface area contributed by atoms with Crippen LogP contribution in [0, 0.1) is 12.8 Å². The number of nitrogens with zero attached hydrogens (tertiary/aromatic N) is 5. The molecule has 0 radical (unpaired) electrons. The first-order chi connectivity index (χ1) is 15.1. The van der Waals surface area contributed by atoms with Gasteiger partial charge in [0.15, 0.2) is 5.69 Å². The number of benzene rings is 1. The van der Waals surface area contributed by atoms with Crippen LogP contribution in [-0.4, -0.2) is 30.8 Å². The molecule has 3 aromatic heterocycles. The molecule has 7 nitrogen and oxygen atoms in total. The predicted molar refractivity (Wildman–Crippen MR) is 118 cm³/mol. The first kappa shape index (κ1) is 19.2. The van der Waals surface area contributed by atoms with Crippen LogP contribution in [0.25, 0.3) is 10.9 Å². The fraction of sp³-hybridized carbons (Fsp3) is 0.250. The number of aromatic nitrogens is 4. The monoisotopic (exact) mass is 413 g/mol. The molecule has 31 heavy (non-hydrogen) atoms. The van der Waals surface area contributed by atoms with Crippen molar-refractivity contribution >= 4 is 22.6 Å². The van der Waals surface area contributed by atoms with Crippen LogP contribution in [0.4, 0.5) is 0 Å². The van der Waals surface area contributed by atoms with Crippen molar-refractivity contribution in [3.63, 3.8) is 0 Å². The second-order valence-corrected chi connectivity index (χ2v) is 7.83. The van der Waals surface area contributed by atoms with E-state index in [2.05, 4.69) is 43.4 Å². The Morgan fingerprint density at radius 1 is 1.16 bits per heavy atom. The number of oxime groups is 1. The normalized spacial score (nSPS) is 17.1. The van der Waals surface area contributed by atoms with Crippen molar-refractivity contribution in [1.29, 1.82) is 0 Å². The second-order valence-electron chi connectivity index (χ2n) is 7.83. The van der Waals surface area contributed by atoms with Gasteiger partial charge in [-0.25, -0.2) is 14.8 Å². The number of para-hydroxylation sites is 1. The van der Waals surface area contributed by atoms with E-state index in [-0.39, 0.29) is 11.6 Å². The molecular weight excluding hydrogens is 390 g/mol. The largest absolute Gasteiger partial charge is 0.383 e. The van der Waals surface area contributed by atoms with E-state index in [9.17, 15) is 4.79 Å². The Balaban J connectivity index is 1.58. The summed E-state index contributed by atoms with van der Waals surface area (Å²) in [6, 6.07) is 13.4. The second kappa shape index (κ2) is 7.83. The molecule has 3 heterocycles. The molecule has 4 aromatic rings. The van der Waals surface area contributed by atoms with Crippen LogP contribution in [0.5, 0.6) is 0 Å². The van der Waals surface area contributed by atoms with E-state index < -0.39 is 5.97 Å². The molecule has 1 aromatic carbocycles. The number of carbonyl (C=O) groups is 1. The number of aryl methyl sites for hydroxylation is 2. The molecule has 1 aliphatic rings. The number of imidazole rings is 1. The molecular formula is C24H23N5O2. The minimum absolute atomic E-state index is 0.0998. The average molecular weight is 413 g/mol. The van der Waals surface area contributed by atoms with Gasteiger partial charge in [0.05, 0.1) is 5.71 Å². The molecule has 0 aliphatic heterocycles. The van der Waals surface area contributed by atoms with Crippen LogP contribution in [0.15, 0.2) is 66.2 Å². The Morgan fingerprint density at radius 3 is 2.77 bits per heavy atom. The van der Waals surface area contributed by atoms with Crippen molar-refractivity contribution in [1.82, 2.24) is 19.1 Å². The van der Waals surface area contributed by atoms with Crippen molar-refractivity contribution in [2.75, 3.05) is 0 Å². The molecule has 0 spiro atoms. The molecule has 7 heteroatoms. The Kier molecular flexibility index (Phi) is 4.86. The van der Waals surface area contributed by atoms with Gasteiger partial charge in [0.1, 0.15) is 5.82 Å². The summed E-state index contributed by atoms with van der Waals surface area (Å²) in [5, 5.41) is 5.56. The molecule has 0 saturated carbocycles. The van der Waals surface area contributed by atoms with Crippen molar-refractivity contribution in [3.8, 4) is 0 Å². The molecule has 0 N–H and O–H groups in total. The van der Waals surface area contributed by atoms with Gasteiger partial charge in [-0.3, -0.25) is 0 Å². The van der Waals surface area contributed by atoms with E-state index in [4.69, 9.17) is 4.84 Å². The summed E-state index contributed by atoms with van der Waals surface area (Å²) in [5.41, 5.74) is 4.47. The molecule has 1 unspecified atom stereocenters. The van der Waals surface area contributed by atoms with Crippen molar-refractivity contribution in [3.05, 3.63) is 83.8 Å². The number of rotatable bonds is 4. The Labute approximate surface area is 180 Å². The highest BCUT2D eigenvalue weighted by Gasteiger charge is 2.32. The van der Waals surface area contributed by atoms with E-state index in [0.717, 1.165) is 47.4 Å². The zero-order valence-corrected chi connectivity index (χ0v) is 17.5. The third kappa shape index (κ3) is 3.42. The highest BCUT2D eigenvalue weighted by Crippen LogP contribution is 2.35. The van der Waals surface area contributed by atoms with Crippen LogP contribution in [-0.2, 0) is 24.9 Å². The number of carbonyl (C=O) groups excluding carboxylic acids is 1. The van der Waals surface area contributed by atoms with Gasteiger partial charge in [-0.2, -0.15) is 0 Å². The SMILES string of the molecule is Cc1nccn1CC1CCc2c(c3ccccc3n2C)C1=NOC(=O)c1ccccn1. The molecule has 0 saturated heterocycles. The van der Waals surface area contributed by atoms with E-state index in [1.165, 1.54) is 5.69 Å². The van der Waals surface area contributed by atoms with Crippen molar-refractivity contribution in [2.45, 2.75) is 26.3 Å². The van der Waals surface area contributed by atoms with Gasteiger partial charge < -0.3 is 14.0 Å². The quantitative estimate of drug-likeness (QED) is 0.376. The minimum Gasteiger partial charge on any atom is -0.347 e. The lowest BCUT2D eigenvalue weighted by molar-refractivity contribution is 0.0506. The first-order valence-electron chi connectivity index (χ1n) is 10.4. The number of fused-ring (bicyclic) bond motifs is 3. The Morgan fingerprint density at radius 2 is 2.00 bits per heavy atom. The van der Waals surface area contributed by atoms with Crippen molar-refractivity contribution in [2.24, 2.45) is 18.1 Å². The van der Waals surface area contributed by atoms with E-state index in [1.54, 1.807) is 30.6 Å². The maximum Gasteiger partial charge on any atom is 0.383 e. The molecule has 1 atom stereocenters. The topological polar surface area (TPSA) is 74.3 Å². The van der Waals surface area contributed by atoms with Gasteiger partial charge in [-0.15, -0.1) is 0 Å². The molecule has 0 fully saturated rings. The molecule has 5 rings (SSSR count). The zero-order valence-electron chi connectivity index (χ0n) is 17.5. The molecule has 1 aliphatic carbocycles. The van der Waals surface area contributed by atoms with Gasteiger partial charge in [-0.1, -0.05) is 29.4 Å². The van der Waals surface area contributed by atoms with Gasteiger partial charge in [0.25, 0.3) is 0 Å². The molecule has 0 amide bonds. The lowest BCUT2D eigenvalue weighted by Gasteiger charge is -2.25. The third-order valence-electron chi connectivity index (χ3n) is 6.04. The van der Waals surface area contributed by atoms with Crippen LogP contribution < -0.4 is 0 Å². The summed E-state index contributed by atoms with van der Waals surface area (Å²) in [5.74, 6) is 0.495. The third-order valence-corrected chi connectivity index (χ3v) is 6.04. The average Bonchev–Trinajstić information content (AvgIpc) is 3.34. The molecule has 156 valence electrons. The minimum atomic E-state index is -0.557. The molecule has 0 bridgehead atoms. The summed E-state index contributed by atoms with van der Waals surface area (Å²) in [7, 11) is 2.08. The van der Waals surface area contributed by atoms with E-state index >= 15 is 0 Å². The van der Waals surface area contributed by atoms with Gasteiger partial charge >= 0.3 is 5.97 Å². The van der Waals surface area contributed by atoms with E-state index in [1.807, 2.05) is 25.3 Å². The lowest BCUT2D eigenvalue weighted by atomic mass is 9.84. The lowest BCUT2D eigenvalue weighted by Crippen LogP contribution is -2.28. The van der Waals surface area contributed by atoms with Crippen LogP contribution in [0.1, 0.15) is 34.0 Å². The summed E-state index contributed by atoms with van der Waals surface area (Å²) in [6.07, 6.45) is 7.20. The summed E-state index contributed by atoms with van der Waals surface area (Å²) >= 11 is 0. The number of pyridine rings is 1. The Bertz CT molecular complexity index is 1290. The highest BCUT2D eigenvalue weighted by molar-refractivity contribution is 6.14. The van der Waals surface area contributed by atoms with Gasteiger partial charge in [0, 0.05) is 60.3 Å². The fourth-order valence-electron chi connectivity index (χ4n) is 4.43. The van der Waals surface area contributed by atoms with Gasteiger partial charge in [0.2, 0.25) is 0 Å². The zero-order chi connectivity index (χ0) is 21.4. The first-order valence-corrected chi connectivity index (χ1v) is 10.4. The predicted octanol–water partition coefficient (Wildman–Crippen LogP) is 3.90.